The van der Waals surface area contributed by atoms with Crippen LogP contribution in [0.1, 0.15) is 31.2 Å². The highest BCUT2D eigenvalue weighted by atomic mass is 16.4. The Balaban J connectivity index is 1.83. The highest BCUT2D eigenvalue weighted by Gasteiger charge is 2.25. The average Bonchev–Trinajstić information content (AvgIpc) is 3.07. The Morgan fingerprint density at radius 1 is 1.30 bits per heavy atom. The van der Waals surface area contributed by atoms with E-state index in [4.69, 9.17) is 9.52 Å². The fourth-order valence-corrected chi connectivity index (χ4v) is 3.13. The maximum Gasteiger partial charge on any atom is 0.317 e. The van der Waals surface area contributed by atoms with Crippen molar-refractivity contribution in [1.29, 1.82) is 0 Å². The third kappa shape index (κ3) is 2.70. The second-order valence-corrected chi connectivity index (χ2v) is 5.49. The number of nitrogens with zero attached hydrogens (tertiary/aromatic N) is 1. The Kier molecular flexibility index (Phi) is 3.74. The van der Waals surface area contributed by atoms with E-state index in [1.807, 2.05) is 24.3 Å². The fraction of sp³-hybridized carbons (Fsp3) is 0.438. The van der Waals surface area contributed by atoms with Gasteiger partial charge in [-0.2, -0.15) is 0 Å². The second-order valence-electron chi connectivity index (χ2n) is 5.49. The molecule has 4 heteroatoms. The molecule has 1 saturated carbocycles. The van der Waals surface area contributed by atoms with Crippen molar-refractivity contribution in [2.45, 2.75) is 38.3 Å². The minimum absolute atomic E-state index is 0.101. The Morgan fingerprint density at radius 2 is 2.05 bits per heavy atom. The molecule has 0 atom stereocenters. The molecule has 0 radical (unpaired) electrons. The van der Waals surface area contributed by atoms with Gasteiger partial charge >= 0.3 is 5.97 Å². The summed E-state index contributed by atoms with van der Waals surface area (Å²) >= 11 is 0. The summed E-state index contributed by atoms with van der Waals surface area (Å²) in [5, 5.41) is 10.2. The van der Waals surface area contributed by atoms with Gasteiger partial charge in [0.25, 0.3) is 0 Å². The summed E-state index contributed by atoms with van der Waals surface area (Å²) in [6.45, 7) is 0.748. The smallest absolute Gasteiger partial charge is 0.317 e. The first-order valence-electron chi connectivity index (χ1n) is 7.15. The zero-order chi connectivity index (χ0) is 13.9. The van der Waals surface area contributed by atoms with Gasteiger partial charge in [-0.25, -0.2) is 0 Å². The molecule has 1 aliphatic rings. The topological polar surface area (TPSA) is 53.7 Å². The summed E-state index contributed by atoms with van der Waals surface area (Å²) in [6.07, 6.45) is 6.36. The Labute approximate surface area is 118 Å². The van der Waals surface area contributed by atoms with Crippen molar-refractivity contribution >= 4 is 16.9 Å². The molecule has 106 valence electrons. The zero-order valence-corrected chi connectivity index (χ0v) is 11.4. The largest absolute Gasteiger partial charge is 0.480 e. The van der Waals surface area contributed by atoms with E-state index in [0.29, 0.717) is 12.6 Å². The van der Waals surface area contributed by atoms with Gasteiger partial charge in [-0.15, -0.1) is 0 Å². The Bertz CT molecular complexity index is 599. The van der Waals surface area contributed by atoms with Crippen molar-refractivity contribution in [2.75, 3.05) is 6.54 Å². The average molecular weight is 273 g/mol. The molecule has 0 aliphatic heterocycles. The minimum Gasteiger partial charge on any atom is -0.480 e. The van der Waals surface area contributed by atoms with Crippen LogP contribution in [0.2, 0.25) is 0 Å². The summed E-state index contributed by atoms with van der Waals surface area (Å²) < 4.78 is 5.54. The summed E-state index contributed by atoms with van der Waals surface area (Å²) in [5.41, 5.74) is 1.94. The maximum atomic E-state index is 11.1. The second kappa shape index (κ2) is 5.67. The van der Waals surface area contributed by atoms with Gasteiger partial charge in [0.1, 0.15) is 5.58 Å². The van der Waals surface area contributed by atoms with E-state index in [2.05, 4.69) is 4.90 Å². The van der Waals surface area contributed by atoms with E-state index in [1.54, 1.807) is 6.26 Å². The number of rotatable bonds is 5. The lowest BCUT2D eigenvalue weighted by Crippen LogP contribution is -2.36. The number of hydrogen-bond donors (Lipinski definition) is 1. The lowest BCUT2D eigenvalue weighted by molar-refractivity contribution is -0.139. The first kappa shape index (κ1) is 13.2. The molecule has 2 aromatic rings. The van der Waals surface area contributed by atoms with Crippen LogP contribution in [0.3, 0.4) is 0 Å². The van der Waals surface area contributed by atoms with Crippen molar-refractivity contribution in [3.05, 3.63) is 36.1 Å². The lowest BCUT2D eigenvalue weighted by Gasteiger charge is -2.26. The van der Waals surface area contributed by atoms with Gasteiger partial charge in [0, 0.05) is 23.5 Å². The van der Waals surface area contributed by atoms with Crippen molar-refractivity contribution in [1.82, 2.24) is 4.90 Å². The van der Waals surface area contributed by atoms with Gasteiger partial charge in [0.05, 0.1) is 12.8 Å². The quantitative estimate of drug-likeness (QED) is 0.908. The number of benzene rings is 1. The van der Waals surface area contributed by atoms with Gasteiger partial charge in [0.2, 0.25) is 0 Å². The molecule has 0 unspecified atom stereocenters. The molecular weight excluding hydrogens is 254 g/mol. The number of fused-ring (bicyclic) bond motifs is 1. The predicted molar refractivity (Wildman–Crippen MR) is 76.5 cm³/mol. The summed E-state index contributed by atoms with van der Waals surface area (Å²) in [7, 11) is 0. The summed E-state index contributed by atoms with van der Waals surface area (Å²) in [4.78, 5) is 13.2. The number of carboxylic acids is 1. The minimum atomic E-state index is -0.760. The summed E-state index contributed by atoms with van der Waals surface area (Å²) in [5.74, 6) is -0.760. The molecule has 1 aromatic carbocycles. The molecule has 20 heavy (non-hydrogen) atoms. The standard InChI is InChI=1S/C16H19NO3/c18-16(19)10-17(13-5-1-2-6-13)9-12-11-20-15-8-4-3-7-14(12)15/h3-4,7-8,11,13H,1-2,5-6,9-10H2,(H,18,19). The number of para-hydroxylation sites is 1. The van der Waals surface area contributed by atoms with Gasteiger partial charge in [0.15, 0.2) is 0 Å². The molecule has 1 heterocycles. The van der Waals surface area contributed by atoms with Crippen molar-refractivity contribution < 1.29 is 14.3 Å². The number of hydrogen-bond acceptors (Lipinski definition) is 3. The Morgan fingerprint density at radius 3 is 2.80 bits per heavy atom. The number of aliphatic carboxylic acids is 1. The number of carbonyl (C=O) groups is 1. The van der Waals surface area contributed by atoms with Crippen LogP contribution in [0.25, 0.3) is 11.0 Å². The van der Waals surface area contributed by atoms with Crippen LogP contribution in [0.4, 0.5) is 0 Å². The summed E-state index contributed by atoms with van der Waals surface area (Å²) in [6, 6.07) is 8.29. The molecule has 1 aromatic heterocycles. The number of carboxylic acid groups (broad SMARTS) is 1. The molecule has 1 fully saturated rings. The van der Waals surface area contributed by atoms with Gasteiger partial charge in [-0.1, -0.05) is 31.0 Å². The zero-order valence-electron chi connectivity index (χ0n) is 11.4. The molecule has 0 spiro atoms. The molecule has 0 saturated heterocycles. The molecule has 0 amide bonds. The first-order valence-corrected chi connectivity index (χ1v) is 7.15. The fourth-order valence-electron chi connectivity index (χ4n) is 3.13. The third-order valence-corrected chi connectivity index (χ3v) is 4.11. The van der Waals surface area contributed by atoms with Crippen LogP contribution in [0.5, 0.6) is 0 Å². The molecule has 1 aliphatic carbocycles. The predicted octanol–water partition coefficient (Wildman–Crippen LogP) is 3.26. The van der Waals surface area contributed by atoms with E-state index in [9.17, 15) is 4.79 Å². The highest BCUT2D eigenvalue weighted by molar-refractivity contribution is 5.80. The van der Waals surface area contributed by atoms with Gasteiger partial charge in [-0.3, -0.25) is 9.69 Å². The molecular formula is C16H19NO3. The monoisotopic (exact) mass is 273 g/mol. The lowest BCUT2D eigenvalue weighted by atomic mass is 10.1. The van der Waals surface area contributed by atoms with Gasteiger partial charge < -0.3 is 9.52 Å². The molecule has 1 N–H and O–H groups in total. The maximum absolute atomic E-state index is 11.1. The highest BCUT2D eigenvalue weighted by Crippen LogP contribution is 2.27. The van der Waals surface area contributed by atoms with E-state index in [0.717, 1.165) is 29.4 Å². The van der Waals surface area contributed by atoms with Crippen LogP contribution in [-0.4, -0.2) is 28.6 Å². The molecule has 0 bridgehead atoms. The molecule has 4 nitrogen and oxygen atoms in total. The van der Waals surface area contributed by atoms with E-state index in [-0.39, 0.29) is 6.54 Å². The molecule has 3 rings (SSSR count). The SMILES string of the molecule is O=C(O)CN(Cc1coc2ccccc12)C1CCCC1. The van der Waals surface area contributed by atoms with Crippen LogP contribution in [0, 0.1) is 0 Å². The van der Waals surface area contributed by atoms with Gasteiger partial charge in [-0.05, 0) is 18.9 Å². The van der Waals surface area contributed by atoms with Crippen molar-refractivity contribution in [2.24, 2.45) is 0 Å². The van der Waals surface area contributed by atoms with Crippen LogP contribution in [-0.2, 0) is 11.3 Å². The first-order chi connectivity index (χ1) is 9.74. The van der Waals surface area contributed by atoms with E-state index < -0.39 is 5.97 Å². The number of furan rings is 1. The van der Waals surface area contributed by atoms with E-state index in [1.165, 1.54) is 12.8 Å². The third-order valence-electron chi connectivity index (χ3n) is 4.11. The van der Waals surface area contributed by atoms with Crippen molar-refractivity contribution in [3.63, 3.8) is 0 Å². The van der Waals surface area contributed by atoms with Crippen LogP contribution < -0.4 is 0 Å². The van der Waals surface area contributed by atoms with Crippen LogP contribution >= 0.6 is 0 Å². The van der Waals surface area contributed by atoms with E-state index >= 15 is 0 Å². The Hall–Kier alpha value is -1.81. The van der Waals surface area contributed by atoms with Crippen LogP contribution in [0.15, 0.2) is 34.9 Å². The van der Waals surface area contributed by atoms with Crippen molar-refractivity contribution in [3.8, 4) is 0 Å². The normalized spacial score (nSPS) is 16.2.